The van der Waals surface area contributed by atoms with E-state index in [0.717, 1.165) is 48.3 Å². The van der Waals surface area contributed by atoms with E-state index in [1.807, 2.05) is 35.4 Å². The Kier molecular flexibility index (Phi) is 4.13. The molecule has 2 N–H and O–H groups in total. The summed E-state index contributed by atoms with van der Waals surface area (Å²) in [5.74, 6) is 1.22. The lowest BCUT2D eigenvalue weighted by atomic mass is 9.97. The normalized spacial score (nSPS) is 17.8. The third kappa shape index (κ3) is 2.97. The number of H-pyrrole nitrogens is 1. The fourth-order valence-electron chi connectivity index (χ4n) is 3.58. The Morgan fingerprint density at radius 2 is 2.32 bits per heavy atom. The van der Waals surface area contributed by atoms with Gasteiger partial charge in [0.1, 0.15) is 12.2 Å². The maximum atomic E-state index is 12.8. The van der Waals surface area contributed by atoms with Gasteiger partial charge in [-0.2, -0.15) is 0 Å². The number of aryl methyl sites for hydroxylation is 1. The van der Waals surface area contributed by atoms with Crippen molar-refractivity contribution in [1.82, 2.24) is 24.6 Å². The van der Waals surface area contributed by atoms with Crippen LogP contribution in [0.2, 0.25) is 0 Å². The molecule has 1 unspecified atom stereocenters. The monoisotopic (exact) mass is 338 g/mol. The molecule has 2 amide bonds. The number of amides is 2. The number of piperidine rings is 1. The lowest BCUT2D eigenvalue weighted by molar-refractivity contribution is 0.190. The predicted molar refractivity (Wildman–Crippen MR) is 96.6 cm³/mol. The molecule has 1 saturated heterocycles. The largest absolute Gasteiger partial charge is 0.361 e. The van der Waals surface area contributed by atoms with Crippen molar-refractivity contribution in [3.05, 3.63) is 42.6 Å². The van der Waals surface area contributed by atoms with Crippen molar-refractivity contribution < 1.29 is 4.79 Å². The second kappa shape index (κ2) is 6.58. The second-order valence-corrected chi connectivity index (χ2v) is 6.43. The molecule has 0 bridgehead atoms. The first-order chi connectivity index (χ1) is 12.3. The molecule has 1 aliphatic rings. The van der Waals surface area contributed by atoms with E-state index in [0.29, 0.717) is 6.54 Å². The fraction of sp³-hybridized carbons (Fsp3) is 0.389. The molecule has 1 aromatic carbocycles. The maximum absolute atomic E-state index is 12.8. The van der Waals surface area contributed by atoms with Gasteiger partial charge < -0.3 is 19.8 Å². The van der Waals surface area contributed by atoms with Gasteiger partial charge in [0, 0.05) is 42.7 Å². The molecule has 25 heavy (non-hydrogen) atoms. The number of aromatic nitrogens is 4. The van der Waals surface area contributed by atoms with Crippen LogP contribution in [0.15, 0.2) is 36.8 Å². The fourth-order valence-corrected chi connectivity index (χ4v) is 3.58. The molecule has 2 aromatic heterocycles. The number of nitrogens with zero attached hydrogens (tertiary/aromatic N) is 4. The molecule has 130 valence electrons. The van der Waals surface area contributed by atoms with Crippen molar-refractivity contribution in [2.45, 2.75) is 32.2 Å². The van der Waals surface area contributed by atoms with Gasteiger partial charge in [0.2, 0.25) is 0 Å². The van der Waals surface area contributed by atoms with Gasteiger partial charge in [-0.15, -0.1) is 10.2 Å². The van der Waals surface area contributed by atoms with Crippen molar-refractivity contribution in [3.8, 4) is 0 Å². The maximum Gasteiger partial charge on any atom is 0.321 e. The minimum Gasteiger partial charge on any atom is -0.361 e. The Hall–Kier alpha value is -2.83. The molecule has 0 spiro atoms. The number of hydrogen-bond donors (Lipinski definition) is 2. The van der Waals surface area contributed by atoms with Crippen LogP contribution in [0.25, 0.3) is 10.9 Å². The first-order valence-corrected chi connectivity index (χ1v) is 8.76. The SMILES string of the molecule is CCn1cnnc1C1CCCN(C(=O)Nc2cccc3[nH]ccc23)C1. The van der Waals surface area contributed by atoms with Gasteiger partial charge in [-0.3, -0.25) is 0 Å². The molecule has 3 heterocycles. The van der Waals surface area contributed by atoms with Crippen LogP contribution < -0.4 is 5.32 Å². The summed E-state index contributed by atoms with van der Waals surface area (Å²) in [7, 11) is 0. The molecule has 1 aliphatic heterocycles. The third-order valence-corrected chi connectivity index (χ3v) is 4.90. The smallest absolute Gasteiger partial charge is 0.321 e. The number of carbonyl (C=O) groups excluding carboxylic acids is 1. The predicted octanol–water partition coefficient (Wildman–Crippen LogP) is 3.19. The summed E-state index contributed by atoms with van der Waals surface area (Å²) in [4.78, 5) is 17.8. The summed E-state index contributed by atoms with van der Waals surface area (Å²) >= 11 is 0. The molecule has 7 nitrogen and oxygen atoms in total. The lowest BCUT2D eigenvalue weighted by Gasteiger charge is -2.32. The molecule has 0 saturated carbocycles. The Morgan fingerprint density at radius 1 is 1.40 bits per heavy atom. The summed E-state index contributed by atoms with van der Waals surface area (Å²) in [5, 5.41) is 12.4. The molecule has 3 aromatic rings. The quantitative estimate of drug-likeness (QED) is 0.770. The number of rotatable bonds is 3. The minimum atomic E-state index is -0.0547. The van der Waals surface area contributed by atoms with E-state index in [-0.39, 0.29) is 11.9 Å². The lowest BCUT2D eigenvalue weighted by Crippen LogP contribution is -2.42. The summed E-state index contributed by atoms with van der Waals surface area (Å²) < 4.78 is 2.06. The average molecular weight is 338 g/mol. The standard InChI is InChI=1S/C18H22N6O/c1-2-23-12-20-22-17(23)13-5-4-10-24(11-13)18(25)21-16-7-3-6-15-14(16)8-9-19-15/h3,6-9,12-13,19H,2,4-5,10-11H2,1H3,(H,21,25). The van der Waals surface area contributed by atoms with Gasteiger partial charge in [0.05, 0.1) is 5.69 Å². The van der Waals surface area contributed by atoms with Crippen LogP contribution in [0.3, 0.4) is 0 Å². The number of benzene rings is 1. The summed E-state index contributed by atoms with van der Waals surface area (Å²) in [6.45, 7) is 4.37. The summed E-state index contributed by atoms with van der Waals surface area (Å²) in [5.41, 5.74) is 1.85. The average Bonchev–Trinajstić information content (AvgIpc) is 3.31. The van der Waals surface area contributed by atoms with E-state index in [1.165, 1.54) is 0 Å². The van der Waals surface area contributed by atoms with Crippen molar-refractivity contribution in [1.29, 1.82) is 0 Å². The zero-order valence-corrected chi connectivity index (χ0v) is 14.3. The Morgan fingerprint density at radius 3 is 3.20 bits per heavy atom. The zero-order chi connectivity index (χ0) is 17.2. The van der Waals surface area contributed by atoms with Crippen molar-refractivity contribution in [3.63, 3.8) is 0 Å². The van der Waals surface area contributed by atoms with E-state index in [2.05, 4.69) is 32.0 Å². The number of anilines is 1. The molecule has 4 rings (SSSR count). The molecular weight excluding hydrogens is 316 g/mol. The van der Waals surface area contributed by atoms with Gasteiger partial charge >= 0.3 is 6.03 Å². The zero-order valence-electron chi connectivity index (χ0n) is 14.3. The number of likely N-dealkylation sites (tertiary alicyclic amines) is 1. The van der Waals surface area contributed by atoms with Gasteiger partial charge in [0.25, 0.3) is 0 Å². The molecule has 0 radical (unpaired) electrons. The topological polar surface area (TPSA) is 78.8 Å². The number of hydrogen-bond acceptors (Lipinski definition) is 3. The number of nitrogens with one attached hydrogen (secondary N) is 2. The van der Waals surface area contributed by atoms with Gasteiger partial charge in [-0.1, -0.05) is 6.07 Å². The van der Waals surface area contributed by atoms with Crippen LogP contribution in [-0.2, 0) is 6.54 Å². The van der Waals surface area contributed by atoms with Crippen molar-refractivity contribution >= 4 is 22.6 Å². The number of aromatic amines is 1. The van der Waals surface area contributed by atoms with Crippen molar-refractivity contribution in [2.24, 2.45) is 0 Å². The number of urea groups is 1. The third-order valence-electron chi connectivity index (χ3n) is 4.90. The van der Waals surface area contributed by atoms with Gasteiger partial charge in [-0.05, 0) is 38.0 Å². The Balaban J connectivity index is 1.49. The van der Waals surface area contributed by atoms with Crippen LogP contribution in [-0.4, -0.2) is 43.8 Å². The molecule has 7 heteroatoms. The van der Waals surface area contributed by atoms with E-state index in [1.54, 1.807) is 6.33 Å². The van der Waals surface area contributed by atoms with E-state index < -0.39 is 0 Å². The van der Waals surface area contributed by atoms with Gasteiger partial charge in [0.15, 0.2) is 0 Å². The first kappa shape index (κ1) is 15.7. The summed E-state index contributed by atoms with van der Waals surface area (Å²) in [6, 6.07) is 7.80. The highest BCUT2D eigenvalue weighted by atomic mass is 16.2. The number of carbonyl (C=O) groups is 1. The van der Waals surface area contributed by atoms with E-state index in [9.17, 15) is 4.79 Å². The summed E-state index contributed by atoms with van der Waals surface area (Å²) in [6.07, 6.45) is 5.66. The van der Waals surface area contributed by atoms with Crippen molar-refractivity contribution in [2.75, 3.05) is 18.4 Å². The van der Waals surface area contributed by atoms with Gasteiger partial charge in [-0.25, -0.2) is 4.79 Å². The van der Waals surface area contributed by atoms with E-state index in [4.69, 9.17) is 0 Å². The first-order valence-electron chi connectivity index (χ1n) is 8.76. The van der Waals surface area contributed by atoms with Crippen LogP contribution in [0, 0.1) is 0 Å². The van der Waals surface area contributed by atoms with E-state index >= 15 is 0 Å². The second-order valence-electron chi connectivity index (χ2n) is 6.43. The Bertz CT molecular complexity index is 882. The molecular formula is C18H22N6O. The molecule has 0 aliphatic carbocycles. The van der Waals surface area contributed by atoms with Crippen LogP contribution in [0.4, 0.5) is 10.5 Å². The highest BCUT2D eigenvalue weighted by molar-refractivity contribution is 6.00. The molecule has 1 fully saturated rings. The minimum absolute atomic E-state index is 0.0547. The molecule has 1 atom stereocenters. The highest BCUT2D eigenvalue weighted by Crippen LogP contribution is 2.27. The van der Waals surface area contributed by atoms with Crippen LogP contribution in [0.1, 0.15) is 31.5 Å². The highest BCUT2D eigenvalue weighted by Gasteiger charge is 2.28. The Labute approximate surface area is 146 Å². The number of fused-ring (bicyclic) bond motifs is 1. The van der Waals surface area contributed by atoms with Crippen LogP contribution >= 0.6 is 0 Å². The van der Waals surface area contributed by atoms with Crippen LogP contribution in [0.5, 0.6) is 0 Å².